The number of alkyl halides is 6. The Balaban J connectivity index is 1.61. The first kappa shape index (κ1) is 26.1. The van der Waals surface area contributed by atoms with E-state index in [1.165, 1.54) is 9.80 Å². The average molecular weight is 585 g/mol. The van der Waals surface area contributed by atoms with Crippen LogP contribution in [0.4, 0.5) is 11.6 Å². The molecule has 4 heterocycles. The summed E-state index contributed by atoms with van der Waals surface area (Å²) < 4.78 is 0. The zero-order valence-corrected chi connectivity index (χ0v) is 22.2. The molecule has 34 heavy (non-hydrogen) atoms. The number of anilines is 2. The predicted octanol–water partition coefficient (Wildman–Crippen LogP) is 5.45. The zero-order chi connectivity index (χ0) is 24.7. The molecule has 0 bridgehead atoms. The molecule has 0 saturated carbocycles. The number of amides is 2. The summed E-state index contributed by atoms with van der Waals surface area (Å²) in [4.78, 5) is 33.5. The van der Waals surface area contributed by atoms with E-state index in [0.29, 0.717) is 11.6 Å². The van der Waals surface area contributed by atoms with Gasteiger partial charge in [-0.25, -0.2) is 9.97 Å². The molecule has 0 radical (unpaired) electrons. The highest BCUT2D eigenvalue weighted by Crippen LogP contribution is 2.50. The molecular formula is C22H20Cl6N4O2. The average Bonchev–Trinajstić information content (AvgIpc) is 3.25. The van der Waals surface area contributed by atoms with Gasteiger partial charge in [0.2, 0.25) is 11.8 Å². The number of hydrogen-bond acceptors (Lipinski definition) is 4. The molecular weight excluding hydrogens is 565 g/mol. The fourth-order valence-corrected chi connectivity index (χ4v) is 6.76. The Kier molecular flexibility index (Phi) is 7.78. The van der Waals surface area contributed by atoms with Crippen LogP contribution < -0.4 is 9.80 Å². The van der Waals surface area contributed by atoms with Crippen molar-refractivity contribution in [1.29, 1.82) is 0 Å². The van der Waals surface area contributed by atoms with Crippen LogP contribution in [0.1, 0.15) is 12.8 Å². The number of hydrogen-bond donors (Lipinski definition) is 0. The molecule has 2 aromatic rings. The van der Waals surface area contributed by atoms with E-state index < -0.39 is 43.1 Å². The molecule has 6 nitrogen and oxygen atoms in total. The highest BCUT2D eigenvalue weighted by atomic mass is 35.5. The van der Waals surface area contributed by atoms with Crippen molar-refractivity contribution in [3.05, 3.63) is 48.8 Å². The standard InChI is InChI=1S/C22H20Cl6N4O2/c23-17(24)13-11-31(15-5-1-3-9-29-15)19(33)21(13,27)7-8-22(28)14(18(25)26)12-32(20(22)34)16-6-2-4-10-30-16/h1-6,9-10,13-14,17-18H,7-8,11-12H2. The Morgan fingerprint density at radius 2 is 1.15 bits per heavy atom. The molecule has 0 N–H and O–H groups in total. The highest BCUT2D eigenvalue weighted by Gasteiger charge is 2.60. The van der Waals surface area contributed by atoms with Crippen molar-refractivity contribution < 1.29 is 9.59 Å². The quantitative estimate of drug-likeness (QED) is 0.406. The summed E-state index contributed by atoms with van der Waals surface area (Å²) in [6, 6.07) is 10.4. The van der Waals surface area contributed by atoms with Crippen LogP contribution in [0.5, 0.6) is 0 Å². The monoisotopic (exact) mass is 582 g/mol. The Hall–Kier alpha value is -1.02. The van der Waals surface area contributed by atoms with Gasteiger partial charge in [0.15, 0.2) is 0 Å². The lowest BCUT2D eigenvalue weighted by Gasteiger charge is -2.32. The molecule has 2 saturated heterocycles. The van der Waals surface area contributed by atoms with Crippen molar-refractivity contribution in [3.63, 3.8) is 0 Å². The molecule has 0 spiro atoms. The molecule has 4 unspecified atom stereocenters. The van der Waals surface area contributed by atoms with Crippen LogP contribution in [0, 0.1) is 11.8 Å². The van der Waals surface area contributed by atoms with Gasteiger partial charge in [0.1, 0.15) is 31.1 Å². The van der Waals surface area contributed by atoms with Crippen LogP contribution in [-0.4, -0.2) is 54.3 Å². The second-order valence-corrected chi connectivity index (χ2v) is 12.0. The number of carbonyl (C=O) groups excluding carboxylic acids is 2. The molecule has 2 fully saturated rings. The fourth-order valence-electron chi connectivity index (χ4n) is 4.54. The van der Waals surface area contributed by atoms with Crippen LogP contribution in [-0.2, 0) is 9.59 Å². The summed E-state index contributed by atoms with van der Waals surface area (Å²) in [5.74, 6) is -1.18. The van der Waals surface area contributed by atoms with Gasteiger partial charge in [-0.1, -0.05) is 12.1 Å². The fraction of sp³-hybridized carbons (Fsp3) is 0.455. The van der Waals surface area contributed by atoms with Gasteiger partial charge in [0.25, 0.3) is 0 Å². The number of rotatable bonds is 7. The third-order valence-electron chi connectivity index (χ3n) is 6.45. The smallest absolute Gasteiger partial charge is 0.249 e. The van der Waals surface area contributed by atoms with E-state index in [0.717, 1.165) is 0 Å². The summed E-state index contributed by atoms with van der Waals surface area (Å²) in [6.07, 6.45) is 3.21. The van der Waals surface area contributed by atoms with Crippen LogP contribution in [0.3, 0.4) is 0 Å². The molecule has 2 aliphatic rings. The van der Waals surface area contributed by atoms with Gasteiger partial charge in [0.05, 0.1) is 0 Å². The molecule has 2 amide bonds. The van der Waals surface area contributed by atoms with Gasteiger partial charge in [-0.15, -0.1) is 69.6 Å². The maximum absolute atomic E-state index is 13.5. The number of nitrogens with zero attached hydrogens (tertiary/aromatic N) is 4. The van der Waals surface area contributed by atoms with E-state index in [2.05, 4.69) is 9.97 Å². The van der Waals surface area contributed by atoms with Crippen molar-refractivity contribution >= 4 is 93.1 Å². The summed E-state index contributed by atoms with van der Waals surface area (Å²) in [5, 5.41) is 0. The summed E-state index contributed by atoms with van der Waals surface area (Å²) in [6.45, 7) is 0.356. The molecule has 4 rings (SSSR count). The number of aromatic nitrogens is 2. The Labute approximate surface area is 227 Å². The van der Waals surface area contributed by atoms with E-state index in [-0.39, 0.29) is 25.9 Å². The minimum Gasteiger partial charge on any atom is -0.295 e. The van der Waals surface area contributed by atoms with Gasteiger partial charge >= 0.3 is 0 Å². The minimum atomic E-state index is -1.50. The zero-order valence-electron chi connectivity index (χ0n) is 17.6. The lowest BCUT2D eigenvalue weighted by molar-refractivity contribution is -0.122. The molecule has 0 aliphatic carbocycles. The normalized spacial score (nSPS) is 29.6. The molecule has 12 heteroatoms. The summed E-state index contributed by atoms with van der Waals surface area (Å²) >= 11 is 38.9. The largest absolute Gasteiger partial charge is 0.295 e. The van der Waals surface area contributed by atoms with Crippen LogP contribution in [0.2, 0.25) is 0 Å². The Morgan fingerprint density at radius 1 is 0.765 bits per heavy atom. The van der Waals surface area contributed by atoms with Crippen molar-refractivity contribution in [2.24, 2.45) is 11.8 Å². The first-order valence-corrected chi connectivity index (χ1v) is 13.0. The molecule has 4 atom stereocenters. The lowest BCUT2D eigenvalue weighted by Crippen LogP contribution is -2.45. The van der Waals surface area contributed by atoms with Crippen molar-refractivity contribution in [2.75, 3.05) is 22.9 Å². The van der Waals surface area contributed by atoms with Crippen LogP contribution in [0.15, 0.2) is 48.8 Å². The number of carbonyl (C=O) groups is 2. The van der Waals surface area contributed by atoms with Crippen molar-refractivity contribution in [3.8, 4) is 0 Å². The predicted molar refractivity (Wildman–Crippen MR) is 138 cm³/mol. The maximum Gasteiger partial charge on any atom is 0.249 e. The summed E-state index contributed by atoms with van der Waals surface area (Å²) in [7, 11) is 0. The maximum atomic E-state index is 13.5. The third kappa shape index (κ3) is 4.58. The van der Waals surface area contributed by atoms with E-state index in [9.17, 15) is 9.59 Å². The van der Waals surface area contributed by atoms with Gasteiger partial charge in [-0.05, 0) is 37.1 Å². The Bertz CT molecular complexity index is 963. The number of halogens is 6. The van der Waals surface area contributed by atoms with Crippen LogP contribution in [0.25, 0.3) is 0 Å². The molecule has 2 aliphatic heterocycles. The minimum absolute atomic E-state index is 0.0274. The third-order valence-corrected chi connectivity index (χ3v) is 8.93. The van der Waals surface area contributed by atoms with Gasteiger partial charge in [-0.2, -0.15) is 0 Å². The molecule has 0 aromatic carbocycles. The second kappa shape index (κ2) is 10.2. The first-order chi connectivity index (χ1) is 16.1. The molecule has 182 valence electrons. The van der Waals surface area contributed by atoms with E-state index in [1.54, 1.807) is 48.8 Å². The van der Waals surface area contributed by atoms with E-state index in [4.69, 9.17) is 69.6 Å². The SMILES string of the molecule is O=C1N(c2ccccn2)CC(C(Cl)Cl)C1(Cl)CCC1(Cl)C(=O)N(c2ccccn2)CC1C(Cl)Cl. The van der Waals surface area contributed by atoms with Crippen molar-refractivity contribution in [1.82, 2.24) is 9.97 Å². The van der Waals surface area contributed by atoms with E-state index >= 15 is 0 Å². The highest BCUT2D eigenvalue weighted by molar-refractivity contribution is 6.48. The van der Waals surface area contributed by atoms with Gasteiger partial charge < -0.3 is 0 Å². The molecule has 2 aromatic heterocycles. The first-order valence-electron chi connectivity index (χ1n) is 10.5. The van der Waals surface area contributed by atoms with Crippen LogP contribution >= 0.6 is 69.6 Å². The second-order valence-electron chi connectivity index (χ2n) is 8.31. The number of pyridine rings is 2. The van der Waals surface area contributed by atoms with Crippen molar-refractivity contribution in [2.45, 2.75) is 32.3 Å². The van der Waals surface area contributed by atoms with Gasteiger partial charge in [-0.3, -0.25) is 19.4 Å². The Morgan fingerprint density at radius 3 is 1.44 bits per heavy atom. The summed E-state index contributed by atoms with van der Waals surface area (Å²) in [5.41, 5.74) is 0. The van der Waals surface area contributed by atoms with Gasteiger partial charge in [0, 0.05) is 37.3 Å². The van der Waals surface area contributed by atoms with E-state index in [1.807, 2.05) is 0 Å². The topological polar surface area (TPSA) is 66.4 Å². The lowest BCUT2D eigenvalue weighted by atomic mass is 9.84.